The highest BCUT2D eigenvalue weighted by Crippen LogP contribution is 2.06. The summed E-state index contributed by atoms with van der Waals surface area (Å²) >= 11 is 0. The molecule has 2 heterocycles. The van der Waals surface area contributed by atoms with Crippen molar-refractivity contribution in [2.24, 2.45) is 5.73 Å². The zero-order chi connectivity index (χ0) is 9.10. The Morgan fingerprint density at radius 1 is 1.46 bits per heavy atom. The van der Waals surface area contributed by atoms with Crippen LogP contribution in [-0.2, 0) is 4.74 Å². The van der Waals surface area contributed by atoms with Gasteiger partial charge in [-0.2, -0.15) is 0 Å². The van der Waals surface area contributed by atoms with Crippen LogP contribution in [0.25, 0.3) is 0 Å². The van der Waals surface area contributed by atoms with Gasteiger partial charge in [0.1, 0.15) is 5.82 Å². The minimum Gasteiger partial charge on any atom is -0.378 e. The number of nitrogens with one attached hydrogen (secondary N) is 2. The first-order chi connectivity index (χ1) is 6.36. The predicted molar refractivity (Wildman–Crippen MR) is 49.6 cm³/mol. The first kappa shape index (κ1) is 8.80. The Balaban J connectivity index is 1.97. The molecule has 1 fully saturated rings. The molecule has 2 aliphatic rings. The molecule has 0 spiro atoms. The van der Waals surface area contributed by atoms with Crippen molar-refractivity contribution in [2.75, 3.05) is 33.0 Å². The van der Waals surface area contributed by atoms with Gasteiger partial charge < -0.3 is 20.7 Å². The van der Waals surface area contributed by atoms with Crippen molar-refractivity contribution in [3.05, 3.63) is 11.9 Å². The number of nitrogens with zero attached hydrogens (tertiary/aromatic N) is 1. The SMILES string of the molecule is NC1C=C(N2CCOCC2)NCN1. The molecule has 5 nitrogen and oxygen atoms in total. The second kappa shape index (κ2) is 3.95. The van der Waals surface area contributed by atoms with E-state index in [4.69, 9.17) is 10.5 Å². The van der Waals surface area contributed by atoms with E-state index in [0.29, 0.717) is 0 Å². The summed E-state index contributed by atoms with van der Waals surface area (Å²) in [7, 11) is 0. The molecule has 4 N–H and O–H groups in total. The van der Waals surface area contributed by atoms with Crippen LogP contribution in [0.15, 0.2) is 11.9 Å². The largest absolute Gasteiger partial charge is 0.378 e. The topological polar surface area (TPSA) is 62.5 Å². The predicted octanol–water partition coefficient (Wildman–Crippen LogP) is -1.40. The van der Waals surface area contributed by atoms with E-state index in [9.17, 15) is 0 Å². The molecule has 0 aromatic heterocycles. The molecule has 0 aromatic carbocycles. The third-order valence-corrected chi connectivity index (χ3v) is 2.30. The van der Waals surface area contributed by atoms with E-state index in [2.05, 4.69) is 15.5 Å². The van der Waals surface area contributed by atoms with E-state index in [-0.39, 0.29) is 6.17 Å². The van der Waals surface area contributed by atoms with E-state index in [1.165, 1.54) is 0 Å². The van der Waals surface area contributed by atoms with Crippen molar-refractivity contribution in [3.8, 4) is 0 Å². The van der Waals surface area contributed by atoms with Crippen LogP contribution in [0.2, 0.25) is 0 Å². The van der Waals surface area contributed by atoms with Crippen LogP contribution >= 0.6 is 0 Å². The lowest BCUT2D eigenvalue weighted by Gasteiger charge is -2.34. The molecule has 0 aromatic rings. The third kappa shape index (κ3) is 2.12. The Morgan fingerprint density at radius 3 is 2.92 bits per heavy atom. The molecule has 1 atom stereocenters. The lowest BCUT2D eigenvalue weighted by atomic mass is 10.3. The molecule has 0 aliphatic carbocycles. The summed E-state index contributed by atoms with van der Waals surface area (Å²) < 4.78 is 5.27. The summed E-state index contributed by atoms with van der Waals surface area (Å²) in [5, 5.41) is 6.34. The normalized spacial score (nSPS) is 29.5. The molecule has 74 valence electrons. The molecule has 0 saturated carbocycles. The zero-order valence-corrected chi connectivity index (χ0v) is 7.62. The molecular weight excluding hydrogens is 168 g/mol. The minimum absolute atomic E-state index is 0.0286. The Morgan fingerprint density at radius 2 is 2.23 bits per heavy atom. The van der Waals surface area contributed by atoms with Crippen LogP contribution in [0, 0.1) is 0 Å². The average molecular weight is 184 g/mol. The quantitative estimate of drug-likeness (QED) is 0.467. The first-order valence-corrected chi connectivity index (χ1v) is 4.63. The van der Waals surface area contributed by atoms with Gasteiger partial charge in [-0.05, 0) is 6.08 Å². The molecule has 13 heavy (non-hydrogen) atoms. The third-order valence-electron chi connectivity index (χ3n) is 2.30. The van der Waals surface area contributed by atoms with Gasteiger partial charge in [-0.15, -0.1) is 0 Å². The van der Waals surface area contributed by atoms with Crippen molar-refractivity contribution in [3.63, 3.8) is 0 Å². The van der Waals surface area contributed by atoms with Gasteiger partial charge in [0.15, 0.2) is 0 Å². The Hall–Kier alpha value is -0.780. The summed E-state index contributed by atoms with van der Waals surface area (Å²) in [5.41, 5.74) is 5.75. The molecule has 0 amide bonds. The minimum atomic E-state index is -0.0286. The second-order valence-electron chi connectivity index (χ2n) is 3.23. The van der Waals surface area contributed by atoms with Crippen molar-refractivity contribution in [1.29, 1.82) is 0 Å². The van der Waals surface area contributed by atoms with E-state index in [1.54, 1.807) is 0 Å². The summed E-state index contributed by atoms with van der Waals surface area (Å²) in [6.45, 7) is 4.25. The summed E-state index contributed by atoms with van der Waals surface area (Å²) in [5.74, 6) is 1.13. The molecule has 0 radical (unpaired) electrons. The van der Waals surface area contributed by atoms with E-state index in [1.807, 2.05) is 6.08 Å². The van der Waals surface area contributed by atoms with Gasteiger partial charge in [-0.25, -0.2) is 0 Å². The van der Waals surface area contributed by atoms with Gasteiger partial charge in [0.05, 0.1) is 26.0 Å². The fourth-order valence-electron chi connectivity index (χ4n) is 1.57. The molecule has 2 rings (SSSR count). The van der Waals surface area contributed by atoms with Gasteiger partial charge in [-0.1, -0.05) is 0 Å². The molecule has 1 unspecified atom stereocenters. The smallest absolute Gasteiger partial charge is 0.101 e. The van der Waals surface area contributed by atoms with E-state index >= 15 is 0 Å². The fourth-order valence-corrected chi connectivity index (χ4v) is 1.57. The van der Waals surface area contributed by atoms with Crippen molar-refractivity contribution < 1.29 is 4.74 Å². The molecular formula is C8H16N4O. The first-order valence-electron chi connectivity index (χ1n) is 4.63. The van der Waals surface area contributed by atoms with E-state index < -0.39 is 0 Å². The molecule has 0 bridgehead atoms. The monoisotopic (exact) mass is 184 g/mol. The number of morpholine rings is 1. The van der Waals surface area contributed by atoms with Crippen molar-refractivity contribution in [2.45, 2.75) is 6.17 Å². The zero-order valence-electron chi connectivity index (χ0n) is 7.62. The number of hydrogen-bond donors (Lipinski definition) is 3. The van der Waals surface area contributed by atoms with Crippen LogP contribution < -0.4 is 16.4 Å². The lowest BCUT2D eigenvalue weighted by molar-refractivity contribution is 0.0491. The molecule has 5 heteroatoms. The highest BCUT2D eigenvalue weighted by Gasteiger charge is 2.16. The van der Waals surface area contributed by atoms with E-state index in [0.717, 1.165) is 38.8 Å². The molecule has 1 saturated heterocycles. The van der Waals surface area contributed by atoms with Crippen LogP contribution in [0.4, 0.5) is 0 Å². The number of hydrogen-bond acceptors (Lipinski definition) is 5. The Bertz CT molecular complexity index is 200. The summed E-state index contributed by atoms with van der Waals surface area (Å²) in [6, 6.07) is 0. The second-order valence-corrected chi connectivity index (χ2v) is 3.23. The van der Waals surface area contributed by atoms with Crippen molar-refractivity contribution >= 4 is 0 Å². The van der Waals surface area contributed by atoms with Crippen LogP contribution in [-0.4, -0.2) is 44.0 Å². The lowest BCUT2D eigenvalue weighted by Crippen LogP contribution is -2.51. The standard InChI is InChI=1S/C8H16N4O/c9-7-5-8(11-6-10-7)12-1-3-13-4-2-12/h5,7,10-11H,1-4,6,9H2. The number of rotatable bonds is 1. The maximum atomic E-state index is 5.75. The van der Waals surface area contributed by atoms with Crippen molar-refractivity contribution in [1.82, 2.24) is 15.5 Å². The highest BCUT2D eigenvalue weighted by atomic mass is 16.5. The maximum Gasteiger partial charge on any atom is 0.101 e. The van der Waals surface area contributed by atoms with Gasteiger partial charge in [-0.3, -0.25) is 5.32 Å². The Kier molecular flexibility index (Phi) is 2.68. The average Bonchev–Trinajstić information content (AvgIpc) is 2.19. The summed E-state index contributed by atoms with van der Waals surface area (Å²) in [6.07, 6.45) is 1.98. The summed E-state index contributed by atoms with van der Waals surface area (Å²) in [4.78, 5) is 2.27. The maximum absolute atomic E-state index is 5.75. The van der Waals surface area contributed by atoms with Gasteiger partial charge in [0.2, 0.25) is 0 Å². The number of nitrogens with two attached hydrogens (primary N) is 1. The fraction of sp³-hybridized carbons (Fsp3) is 0.750. The van der Waals surface area contributed by atoms with Gasteiger partial charge in [0.25, 0.3) is 0 Å². The number of ether oxygens (including phenoxy) is 1. The molecule has 2 aliphatic heterocycles. The van der Waals surface area contributed by atoms with Gasteiger partial charge >= 0.3 is 0 Å². The van der Waals surface area contributed by atoms with Crippen LogP contribution in [0.3, 0.4) is 0 Å². The van der Waals surface area contributed by atoms with Crippen LogP contribution in [0.5, 0.6) is 0 Å². The van der Waals surface area contributed by atoms with Crippen LogP contribution in [0.1, 0.15) is 0 Å². The Labute approximate surface area is 77.9 Å². The van der Waals surface area contributed by atoms with Gasteiger partial charge in [0, 0.05) is 13.1 Å². The highest BCUT2D eigenvalue weighted by molar-refractivity contribution is 5.06.